The van der Waals surface area contributed by atoms with Gasteiger partial charge in [-0.3, -0.25) is 0 Å². The van der Waals surface area contributed by atoms with Gasteiger partial charge in [-0.15, -0.1) is 0 Å². The second kappa shape index (κ2) is 9.72. The molecule has 2 heterocycles. The van der Waals surface area contributed by atoms with Crippen LogP contribution in [0.15, 0.2) is 41.5 Å². The van der Waals surface area contributed by atoms with Crippen molar-refractivity contribution in [1.29, 1.82) is 0 Å². The highest BCUT2D eigenvalue weighted by atomic mass is 19.4. The molecule has 1 aromatic carbocycles. The van der Waals surface area contributed by atoms with Crippen LogP contribution in [0.4, 0.5) is 18.0 Å². The first-order valence-corrected chi connectivity index (χ1v) is 10.3. The van der Waals surface area contributed by atoms with Gasteiger partial charge in [-0.2, -0.15) is 13.2 Å². The largest absolute Gasteiger partial charge is 0.484 e. The Morgan fingerprint density at radius 2 is 1.81 bits per heavy atom. The molecule has 1 aromatic rings. The lowest BCUT2D eigenvalue weighted by Gasteiger charge is -2.41. The summed E-state index contributed by atoms with van der Waals surface area (Å²) in [6.45, 7) is 8.41. The Kier molecular flexibility index (Phi) is 7.25. The molecule has 2 unspecified atom stereocenters. The summed E-state index contributed by atoms with van der Waals surface area (Å²) in [5.74, 6) is 0.146. The zero-order valence-electron chi connectivity index (χ0n) is 17.8. The van der Waals surface area contributed by atoms with Crippen molar-refractivity contribution < 1.29 is 27.4 Å². The summed E-state index contributed by atoms with van der Waals surface area (Å²) in [6.07, 6.45) is -3.78. The predicted molar refractivity (Wildman–Crippen MR) is 111 cm³/mol. The van der Waals surface area contributed by atoms with Crippen LogP contribution in [-0.4, -0.2) is 68.2 Å². The third-order valence-corrected chi connectivity index (χ3v) is 5.57. The zero-order valence-corrected chi connectivity index (χ0v) is 17.8. The van der Waals surface area contributed by atoms with Crippen LogP contribution in [0, 0.1) is 5.92 Å². The van der Waals surface area contributed by atoms with Gasteiger partial charge in [0.25, 0.3) is 0 Å². The number of methoxy groups -OCH3 is 1. The number of ether oxygens (including phenoxy) is 2. The van der Waals surface area contributed by atoms with Crippen molar-refractivity contribution in [2.75, 3.05) is 46.5 Å². The normalized spacial score (nSPS) is 22.9. The molecule has 9 heteroatoms. The molecule has 2 atom stereocenters. The number of hydrogen-bond acceptors (Lipinski definition) is 4. The number of urea groups is 1. The number of aliphatic imine (C=N–C) groups is 1. The van der Waals surface area contributed by atoms with E-state index in [0.717, 1.165) is 17.7 Å². The maximum absolute atomic E-state index is 13.1. The first kappa shape index (κ1) is 23.1. The predicted octanol–water partition coefficient (Wildman–Crippen LogP) is 4.14. The maximum atomic E-state index is 13.1. The third-order valence-electron chi connectivity index (χ3n) is 5.57. The van der Waals surface area contributed by atoms with Crippen molar-refractivity contribution in [3.8, 4) is 0 Å². The number of benzene rings is 1. The van der Waals surface area contributed by atoms with Crippen molar-refractivity contribution in [3.05, 3.63) is 47.7 Å². The number of halogens is 3. The van der Waals surface area contributed by atoms with Crippen molar-refractivity contribution in [2.24, 2.45) is 10.9 Å². The van der Waals surface area contributed by atoms with Crippen LogP contribution in [0.2, 0.25) is 0 Å². The molecule has 3 rings (SSSR count). The number of likely N-dealkylation sites (tertiary alicyclic amines) is 1. The van der Waals surface area contributed by atoms with E-state index in [1.54, 1.807) is 16.7 Å². The number of carbonyl (C=O) groups excluding carboxylic acids is 1. The highest BCUT2D eigenvalue weighted by Crippen LogP contribution is 2.35. The topological polar surface area (TPSA) is 54.4 Å². The fourth-order valence-electron chi connectivity index (χ4n) is 4.07. The SMILES string of the molecule is C=C(C)N=C(OC)C1CC(c2ccc(C(F)(F)F)cc2)CN(C(=O)N2CCOCC2)C1. The van der Waals surface area contributed by atoms with E-state index in [0.29, 0.717) is 57.4 Å². The van der Waals surface area contributed by atoms with Crippen molar-refractivity contribution in [1.82, 2.24) is 9.80 Å². The maximum Gasteiger partial charge on any atom is 0.416 e. The summed E-state index contributed by atoms with van der Waals surface area (Å²) in [5.41, 5.74) is 0.647. The van der Waals surface area contributed by atoms with Gasteiger partial charge in [0, 0.05) is 37.8 Å². The van der Waals surface area contributed by atoms with Gasteiger partial charge in [-0.25, -0.2) is 9.79 Å². The second-order valence-electron chi connectivity index (χ2n) is 7.93. The summed E-state index contributed by atoms with van der Waals surface area (Å²) < 4.78 is 49.7. The number of hydrogen-bond donors (Lipinski definition) is 0. The first-order valence-electron chi connectivity index (χ1n) is 10.3. The summed E-state index contributed by atoms with van der Waals surface area (Å²) in [7, 11) is 1.53. The van der Waals surface area contributed by atoms with E-state index in [1.165, 1.54) is 19.2 Å². The van der Waals surface area contributed by atoms with Gasteiger partial charge in [0.15, 0.2) is 5.90 Å². The molecule has 2 aliphatic heterocycles. The minimum absolute atomic E-state index is 0.101. The molecule has 0 bridgehead atoms. The third kappa shape index (κ3) is 5.78. The monoisotopic (exact) mass is 439 g/mol. The number of nitrogens with zero attached hydrogens (tertiary/aromatic N) is 3. The van der Waals surface area contributed by atoms with E-state index in [9.17, 15) is 18.0 Å². The molecule has 2 amide bonds. The van der Waals surface area contributed by atoms with E-state index in [2.05, 4.69) is 11.6 Å². The Labute approximate surface area is 180 Å². The quantitative estimate of drug-likeness (QED) is 0.526. The Morgan fingerprint density at radius 3 is 2.35 bits per heavy atom. The van der Waals surface area contributed by atoms with Gasteiger partial charge < -0.3 is 19.3 Å². The summed E-state index contributed by atoms with van der Waals surface area (Å²) >= 11 is 0. The molecule has 6 nitrogen and oxygen atoms in total. The first-order chi connectivity index (χ1) is 14.7. The minimum Gasteiger partial charge on any atom is -0.484 e. The molecule has 2 aliphatic rings. The van der Waals surface area contributed by atoms with Crippen LogP contribution < -0.4 is 0 Å². The van der Waals surface area contributed by atoms with Crippen molar-refractivity contribution in [2.45, 2.75) is 25.4 Å². The Bertz CT molecular complexity index is 818. The highest BCUT2D eigenvalue weighted by molar-refractivity contribution is 5.82. The van der Waals surface area contributed by atoms with Crippen LogP contribution in [0.5, 0.6) is 0 Å². The lowest BCUT2D eigenvalue weighted by molar-refractivity contribution is -0.137. The lowest BCUT2D eigenvalue weighted by atomic mass is 9.84. The molecule has 0 saturated carbocycles. The molecule has 170 valence electrons. The van der Waals surface area contributed by atoms with Crippen LogP contribution >= 0.6 is 0 Å². The van der Waals surface area contributed by atoms with Crippen LogP contribution in [0.3, 0.4) is 0 Å². The molecule has 2 saturated heterocycles. The second-order valence-corrected chi connectivity index (χ2v) is 7.93. The number of rotatable bonds is 3. The number of morpholine rings is 1. The number of amides is 2. The average molecular weight is 439 g/mol. The van der Waals surface area contributed by atoms with Gasteiger partial charge in [0.05, 0.1) is 31.8 Å². The molecule has 0 aromatic heterocycles. The number of carbonyl (C=O) groups is 1. The fourth-order valence-corrected chi connectivity index (χ4v) is 4.07. The molecule has 0 radical (unpaired) electrons. The number of allylic oxidation sites excluding steroid dienone is 1. The van der Waals surface area contributed by atoms with E-state index in [-0.39, 0.29) is 17.9 Å². The summed E-state index contributed by atoms with van der Waals surface area (Å²) in [4.78, 5) is 21.0. The summed E-state index contributed by atoms with van der Waals surface area (Å²) in [5, 5.41) is 0. The van der Waals surface area contributed by atoms with Gasteiger partial charge in [0.1, 0.15) is 0 Å². The van der Waals surface area contributed by atoms with E-state index >= 15 is 0 Å². The lowest BCUT2D eigenvalue weighted by Crippen LogP contribution is -2.53. The van der Waals surface area contributed by atoms with Gasteiger partial charge >= 0.3 is 12.2 Å². The van der Waals surface area contributed by atoms with E-state index in [1.807, 2.05) is 0 Å². The average Bonchev–Trinajstić information content (AvgIpc) is 2.76. The Hall–Kier alpha value is -2.55. The zero-order chi connectivity index (χ0) is 22.6. The van der Waals surface area contributed by atoms with Crippen LogP contribution in [0.1, 0.15) is 30.4 Å². The van der Waals surface area contributed by atoms with Crippen LogP contribution in [-0.2, 0) is 15.7 Å². The Balaban J connectivity index is 1.87. The van der Waals surface area contributed by atoms with E-state index in [4.69, 9.17) is 9.47 Å². The minimum atomic E-state index is -4.39. The highest BCUT2D eigenvalue weighted by Gasteiger charge is 2.37. The standard InChI is InChI=1S/C22H28F3N3O3/c1-15(2)26-20(30-3)18-12-17(16-4-6-19(7-5-16)22(23,24)25)13-28(14-18)21(29)27-8-10-31-11-9-27/h4-7,17-18H,1,8-14H2,2-3H3. The van der Waals surface area contributed by atoms with Crippen LogP contribution in [0.25, 0.3) is 0 Å². The Morgan fingerprint density at radius 1 is 1.16 bits per heavy atom. The molecule has 0 spiro atoms. The van der Waals surface area contributed by atoms with Gasteiger partial charge in [-0.1, -0.05) is 18.7 Å². The number of piperidine rings is 1. The van der Waals surface area contributed by atoms with Crippen molar-refractivity contribution >= 4 is 11.9 Å². The molecular weight excluding hydrogens is 411 g/mol. The molecule has 2 fully saturated rings. The number of alkyl halides is 3. The van der Waals surface area contributed by atoms with E-state index < -0.39 is 11.7 Å². The fraction of sp³-hybridized carbons (Fsp3) is 0.545. The molecule has 31 heavy (non-hydrogen) atoms. The molecule has 0 N–H and O–H groups in total. The van der Waals surface area contributed by atoms with Gasteiger partial charge in [0.2, 0.25) is 0 Å². The van der Waals surface area contributed by atoms with Gasteiger partial charge in [-0.05, 0) is 31.0 Å². The van der Waals surface area contributed by atoms with Crippen molar-refractivity contribution in [3.63, 3.8) is 0 Å². The molecular formula is C22H28F3N3O3. The summed E-state index contributed by atoms with van der Waals surface area (Å²) in [6, 6.07) is 5.07. The smallest absolute Gasteiger partial charge is 0.416 e. The molecule has 0 aliphatic carbocycles.